The number of aromatic nitrogens is 2. The van der Waals surface area contributed by atoms with Crippen molar-refractivity contribution in [2.24, 2.45) is 0 Å². The van der Waals surface area contributed by atoms with E-state index < -0.39 is 0 Å². The van der Waals surface area contributed by atoms with Gasteiger partial charge in [-0.25, -0.2) is 4.98 Å². The van der Waals surface area contributed by atoms with Gasteiger partial charge in [0, 0.05) is 5.56 Å². The predicted octanol–water partition coefficient (Wildman–Crippen LogP) is 4.79. The Labute approximate surface area is 135 Å². The molecule has 0 N–H and O–H groups in total. The average Bonchev–Trinajstić information content (AvgIpc) is 2.92. The van der Waals surface area contributed by atoms with Crippen LogP contribution in [0.2, 0.25) is 0 Å². The molecule has 0 bridgehead atoms. The van der Waals surface area contributed by atoms with Crippen LogP contribution in [0.15, 0.2) is 65.3 Å². The quantitative estimate of drug-likeness (QED) is 0.496. The van der Waals surface area contributed by atoms with Crippen LogP contribution in [0.4, 0.5) is 0 Å². The third-order valence-electron chi connectivity index (χ3n) is 3.74. The lowest BCUT2D eigenvalue weighted by molar-refractivity contribution is 1.21. The molecule has 0 amide bonds. The summed E-state index contributed by atoms with van der Waals surface area (Å²) in [6, 6.07) is 22.0. The fourth-order valence-corrected chi connectivity index (χ4v) is 3.16. The highest BCUT2D eigenvalue weighted by atomic mass is 79.9. The lowest BCUT2D eigenvalue weighted by Crippen LogP contribution is -1.92. The Kier molecular flexibility index (Phi) is 2.95. The topological polar surface area (TPSA) is 41.1 Å². The summed E-state index contributed by atoms with van der Waals surface area (Å²) >= 11 is 3.54. The molecule has 4 heteroatoms. The molecule has 0 fully saturated rings. The van der Waals surface area contributed by atoms with E-state index in [0.717, 1.165) is 32.4 Å². The number of hydrogen-bond donors (Lipinski definition) is 0. The lowest BCUT2D eigenvalue weighted by Gasteiger charge is -2.06. The highest BCUT2D eigenvalue weighted by Crippen LogP contribution is 2.30. The SMILES string of the molecule is N#Cc1ccc(-c2nc(Br)c3ccc4ccccc4n23)cc1. The number of pyridine rings is 1. The predicted molar refractivity (Wildman–Crippen MR) is 90.5 cm³/mol. The lowest BCUT2D eigenvalue weighted by atomic mass is 10.1. The molecule has 0 aliphatic heterocycles. The zero-order chi connectivity index (χ0) is 15.1. The second-order valence-corrected chi connectivity index (χ2v) is 5.78. The highest BCUT2D eigenvalue weighted by molar-refractivity contribution is 9.10. The van der Waals surface area contributed by atoms with E-state index in [-0.39, 0.29) is 0 Å². The van der Waals surface area contributed by atoms with Crippen LogP contribution in [-0.4, -0.2) is 9.38 Å². The first-order chi connectivity index (χ1) is 10.8. The number of imidazole rings is 1. The number of rotatable bonds is 1. The van der Waals surface area contributed by atoms with Crippen molar-refractivity contribution in [2.75, 3.05) is 0 Å². The zero-order valence-electron chi connectivity index (χ0n) is 11.5. The van der Waals surface area contributed by atoms with E-state index in [1.54, 1.807) is 0 Å². The van der Waals surface area contributed by atoms with E-state index in [9.17, 15) is 0 Å². The minimum atomic E-state index is 0.647. The molecular formula is C18H10BrN3. The Morgan fingerprint density at radius 1 is 0.909 bits per heavy atom. The average molecular weight is 348 g/mol. The van der Waals surface area contributed by atoms with E-state index in [2.05, 4.69) is 55.6 Å². The molecule has 0 unspecified atom stereocenters. The second kappa shape index (κ2) is 4.97. The molecule has 3 nitrogen and oxygen atoms in total. The van der Waals surface area contributed by atoms with Crippen LogP contribution in [-0.2, 0) is 0 Å². The van der Waals surface area contributed by atoms with Crippen LogP contribution in [0.25, 0.3) is 27.8 Å². The van der Waals surface area contributed by atoms with Crippen LogP contribution >= 0.6 is 15.9 Å². The summed E-state index contributed by atoms with van der Waals surface area (Å²) in [4.78, 5) is 4.66. The van der Waals surface area contributed by atoms with Gasteiger partial charge in [0.25, 0.3) is 0 Å². The number of benzene rings is 2. The van der Waals surface area contributed by atoms with E-state index in [0.29, 0.717) is 5.56 Å². The van der Waals surface area contributed by atoms with Gasteiger partial charge in [-0.05, 0) is 57.7 Å². The number of halogens is 1. The summed E-state index contributed by atoms with van der Waals surface area (Å²) in [5, 5.41) is 10.1. The molecular weight excluding hydrogens is 338 g/mol. The molecule has 0 aliphatic rings. The van der Waals surface area contributed by atoms with Crippen LogP contribution in [0, 0.1) is 11.3 Å². The molecule has 2 heterocycles. The number of nitriles is 1. The maximum Gasteiger partial charge on any atom is 0.146 e. The number of fused-ring (bicyclic) bond motifs is 3. The maximum atomic E-state index is 8.94. The summed E-state index contributed by atoms with van der Waals surface area (Å²) in [6.07, 6.45) is 0. The number of para-hydroxylation sites is 1. The molecule has 0 aliphatic carbocycles. The molecule has 0 spiro atoms. The Morgan fingerprint density at radius 2 is 1.68 bits per heavy atom. The maximum absolute atomic E-state index is 8.94. The van der Waals surface area contributed by atoms with Crippen molar-refractivity contribution in [3.05, 3.63) is 70.8 Å². The van der Waals surface area contributed by atoms with E-state index in [4.69, 9.17) is 5.26 Å². The molecule has 0 radical (unpaired) electrons. The number of nitrogens with zero attached hydrogens (tertiary/aromatic N) is 3. The van der Waals surface area contributed by atoms with Crippen LogP contribution in [0.5, 0.6) is 0 Å². The van der Waals surface area contributed by atoms with Crippen LogP contribution in [0.3, 0.4) is 0 Å². The fourth-order valence-electron chi connectivity index (χ4n) is 2.68. The molecule has 0 saturated carbocycles. The van der Waals surface area contributed by atoms with Crippen molar-refractivity contribution < 1.29 is 0 Å². The smallest absolute Gasteiger partial charge is 0.146 e. The fraction of sp³-hybridized carbons (Fsp3) is 0. The van der Waals surface area contributed by atoms with Crippen molar-refractivity contribution in [3.63, 3.8) is 0 Å². The normalized spacial score (nSPS) is 10.9. The van der Waals surface area contributed by atoms with Crippen LogP contribution < -0.4 is 0 Å². The van der Waals surface area contributed by atoms with Gasteiger partial charge in [-0.3, -0.25) is 4.40 Å². The third-order valence-corrected chi connectivity index (χ3v) is 4.32. The van der Waals surface area contributed by atoms with Gasteiger partial charge < -0.3 is 0 Å². The summed E-state index contributed by atoms with van der Waals surface area (Å²) in [6.45, 7) is 0. The molecule has 22 heavy (non-hydrogen) atoms. The summed E-state index contributed by atoms with van der Waals surface area (Å²) < 4.78 is 2.96. The van der Waals surface area contributed by atoms with Gasteiger partial charge in [0.05, 0.1) is 22.7 Å². The molecule has 4 rings (SSSR count). The largest absolute Gasteiger partial charge is 0.291 e. The van der Waals surface area contributed by atoms with Crippen molar-refractivity contribution in [2.45, 2.75) is 0 Å². The van der Waals surface area contributed by atoms with Gasteiger partial charge >= 0.3 is 0 Å². The first kappa shape index (κ1) is 13.1. The zero-order valence-corrected chi connectivity index (χ0v) is 13.1. The minimum Gasteiger partial charge on any atom is -0.291 e. The first-order valence-electron chi connectivity index (χ1n) is 6.84. The molecule has 4 aromatic rings. The van der Waals surface area contributed by atoms with Gasteiger partial charge in [0.2, 0.25) is 0 Å². The van der Waals surface area contributed by atoms with Crippen molar-refractivity contribution in [1.29, 1.82) is 5.26 Å². The summed E-state index contributed by atoms with van der Waals surface area (Å²) in [5.74, 6) is 0.864. The van der Waals surface area contributed by atoms with Gasteiger partial charge in [-0.2, -0.15) is 5.26 Å². The molecule has 2 aromatic heterocycles. The van der Waals surface area contributed by atoms with Gasteiger partial charge in [0.15, 0.2) is 0 Å². The first-order valence-corrected chi connectivity index (χ1v) is 7.63. The van der Waals surface area contributed by atoms with Crippen LogP contribution in [0.1, 0.15) is 5.56 Å². The number of hydrogen-bond acceptors (Lipinski definition) is 2. The second-order valence-electron chi connectivity index (χ2n) is 5.03. The van der Waals surface area contributed by atoms with E-state index in [1.165, 1.54) is 0 Å². The minimum absolute atomic E-state index is 0.647. The van der Waals surface area contributed by atoms with Crippen molar-refractivity contribution in [1.82, 2.24) is 9.38 Å². The van der Waals surface area contributed by atoms with Gasteiger partial charge in [-0.1, -0.05) is 24.3 Å². The van der Waals surface area contributed by atoms with Gasteiger partial charge in [-0.15, -0.1) is 0 Å². The molecule has 104 valence electrons. The van der Waals surface area contributed by atoms with Gasteiger partial charge in [0.1, 0.15) is 10.4 Å². The Balaban J connectivity index is 2.08. The monoisotopic (exact) mass is 347 g/mol. The van der Waals surface area contributed by atoms with Crippen molar-refractivity contribution >= 4 is 32.3 Å². The Hall–Kier alpha value is -2.64. The highest BCUT2D eigenvalue weighted by Gasteiger charge is 2.13. The van der Waals surface area contributed by atoms with Crippen molar-refractivity contribution in [3.8, 4) is 17.5 Å². The van der Waals surface area contributed by atoms with E-state index in [1.807, 2.05) is 36.4 Å². The molecule has 2 aromatic carbocycles. The molecule has 0 saturated heterocycles. The Bertz CT molecular complexity index is 1040. The van der Waals surface area contributed by atoms with E-state index >= 15 is 0 Å². The molecule has 0 atom stereocenters. The summed E-state index contributed by atoms with van der Waals surface area (Å²) in [5.41, 5.74) is 3.76. The third kappa shape index (κ3) is 1.91. The summed E-state index contributed by atoms with van der Waals surface area (Å²) in [7, 11) is 0. The standard InChI is InChI=1S/C18H10BrN3/c19-17-16-10-9-13-3-1-2-4-15(13)22(16)18(21-17)14-7-5-12(11-20)6-8-14/h1-10H. The Morgan fingerprint density at radius 3 is 2.45 bits per heavy atom.